The molecule has 0 aliphatic rings. The van der Waals surface area contributed by atoms with E-state index in [0.29, 0.717) is 5.56 Å². The number of pyridine rings is 1. The van der Waals surface area contributed by atoms with Crippen LogP contribution in [0.1, 0.15) is 5.56 Å². The molecule has 0 aliphatic carbocycles. The summed E-state index contributed by atoms with van der Waals surface area (Å²) in [4.78, 5) is 5.16. The molecule has 0 amide bonds. The van der Waals surface area contributed by atoms with E-state index in [-0.39, 0.29) is 0 Å². The van der Waals surface area contributed by atoms with Gasteiger partial charge in [0.15, 0.2) is 0 Å². The van der Waals surface area contributed by atoms with Gasteiger partial charge in [0.1, 0.15) is 11.0 Å². The number of nitriles is 1. The van der Waals surface area contributed by atoms with Gasteiger partial charge in [0, 0.05) is 21.7 Å². The number of hydrogen-bond acceptors (Lipinski definition) is 5. The second-order valence-corrected chi connectivity index (χ2v) is 9.47. The van der Waals surface area contributed by atoms with Gasteiger partial charge in [-0.1, -0.05) is 78.9 Å². The predicted octanol–water partition coefficient (Wildman–Crippen LogP) is 8.27. The molecule has 4 nitrogen and oxygen atoms in total. The Labute approximate surface area is 217 Å². The number of rotatable bonds is 3. The van der Waals surface area contributed by atoms with E-state index >= 15 is 0 Å². The van der Waals surface area contributed by atoms with Crippen molar-refractivity contribution >= 4 is 44.4 Å². The Morgan fingerprint density at radius 2 is 1.22 bits per heavy atom. The zero-order valence-electron chi connectivity index (χ0n) is 19.6. The lowest BCUT2D eigenvalue weighted by Crippen LogP contribution is -1.91. The highest BCUT2D eigenvalue weighted by Gasteiger charge is 2.15. The van der Waals surface area contributed by atoms with Crippen LogP contribution < -0.4 is 0 Å². The minimum absolute atomic E-state index is 0.664. The summed E-state index contributed by atoms with van der Waals surface area (Å²) in [5.74, 6) is 0. The Hall–Kier alpha value is -4.92. The van der Waals surface area contributed by atoms with E-state index in [1.54, 1.807) is 0 Å². The zero-order chi connectivity index (χ0) is 24.8. The van der Waals surface area contributed by atoms with Crippen LogP contribution in [0.3, 0.4) is 0 Å². The van der Waals surface area contributed by atoms with Crippen LogP contribution in [0.15, 0.2) is 109 Å². The first kappa shape index (κ1) is 21.4. The Balaban J connectivity index is 1.39. The van der Waals surface area contributed by atoms with Crippen LogP contribution in [0, 0.1) is 11.3 Å². The van der Waals surface area contributed by atoms with Crippen LogP contribution in [0.25, 0.3) is 66.2 Å². The smallest absolute Gasteiger partial charge is 0.113 e. The molecule has 0 fully saturated rings. The van der Waals surface area contributed by atoms with Crippen molar-refractivity contribution in [3.8, 4) is 39.6 Å². The molecule has 37 heavy (non-hydrogen) atoms. The summed E-state index contributed by atoms with van der Waals surface area (Å²) in [7, 11) is 0. The van der Waals surface area contributed by atoms with Gasteiger partial charge in [-0.15, -0.1) is 0 Å². The lowest BCUT2D eigenvalue weighted by atomic mass is 9.96. The molecule has 7 rings (SSSR count). The largest absolute Gasteiger partial charge is 0.247 e. The first-order valence-corrected chi connectivity index (χ1v) is 12.7. The maximum absolute atomic E-state index is 9.06. The van der Waals surface area contributed by atoms with Crippen molar-refractivity contribution in [2.24, 2.45) is 0 Å². The summed E-state index contributed by atoms with van der Waals surface area (Å²) in [6, 6.07) is 39.3. The quantitative estimate of drug-likeness (QED) is 0.234. The topological polar surface area (TPSA) is 62.5 Å². The van der Waals surface area contributed by atoms with Gasteiger partial charge in [0.25, 0.3) is 0 Å². The summed E-state index contributed by atoms with van der Waals surface area (Å²) < 4.78 is 9.13. The fourth-order valence-electron chi connectivity index (χ4n) is 4.93. The molecule has 7 aromatic rings. The molecule has 2 heterocycles. The molecule has 5 heteroatoms. The van der Waals surface area contributed by atoms with Crippen LogP contribution in [-0.4, -0.2) is 13.7 Å². The Morgan fingerprint density at radius 1 is 0.568 bits per heavy atom. The van der Waals surface area contributed by atoms with Crippen molar-refractivity contribution in [3.63, 3.8) is 0 Å². The molecule has 0 saturated carbocycles. The highest BCUT2D eigenvalue weighted by Crippen LogP contribution is 2.37. The molecule has 0 radical (unpaired) electrons. The molecule has 0 bridgehead atoms. The number of benzene rings is 5. The van der Waals surface area contributed by atoms with Gasteiger partial charge in [-0.2, -0.15) is 14.0 Å². The second-order valence-electron chi connectivity index (χ2n) is 8.94. The van der Waals surface area contributed by atoms with Crippen molar-refractivity contribution in [2.45, 2.75) is 0 Å². The van der Waals surface area contributed by atoms with Crippen molar-refractivity contribution < 1.29 is 0 Å². The molecule has 2 aromatic heterocycles. The molecule has 0 unspecified atom stereocenters. The molecular formula is C32H18N4S. The highest BCUT2D eigenvalue weighted by atomic mass is 32.1. The maximum atomic E-state index is 9.06. The number of aromatic nitrogens is 3. The molecule has 5 aromatic carbocycles. The average molecular weight is 491 g/mol. The first-order chi connectivity index (χ1) is 18.3. The molecule has 0 atom stereocenters. The minimum Gasteiger partial charge on any atom is -0.247 e. The maximum Gasteiger partial charge on any atom is 0.113 e. The third-order valence-electron chi connectivity index (χ3n) is 6.80. The standard InChI is InChI=1S/C32H18N4S/c33-19-20-6-8-21(9-7-20)22-10-12-23(13-11-22)25-14-15-26-29(18-25)34-31(24-4-2-1-3-5-24)27-16-17-28-32(30(26)27)36-37-35-28/h1-18H. The molecule has 0 aliphatic heterocycles. The van der Waals surface area contributed by atoms with E-state index in [9.17, 15) is 0 Å². The SMILES string of the molecule is N#Cc1ccc(-c2ccc(-c3ccc4c(c3)nc(-c3ccccc3)c3ccc5nsnc5c34)cc2)cc1. The van der Waals surface area contributed by atoms with Gasteiger partial charge in [0.2, 0.25) is 0 Å². The second kappa shape index (κ2) is 8.63. The van der Waals surface area contributed by atoms with Gasteiger partial charge in [-0.3, -0.25) is 0 Å². The van der Waals surface area contributed by atoms with Crippen molar-refractivity contribution in [3.05, 3.63) is 115 Å². The minimum atomic E-state index is 0.664. The summed E-state index contributed by atoms with van der Waals surface area (Å²) in [5.41, 5.74) is 9.88. The lowest BCUT2D eigenvalue weighted by molar-refractivity contribution is 1.43. The van der Waals surface area contributed by atoms with E-state index in [2.05, 4.69) is 75.5 Å². The van der Waals surface area contributed by atoms with E-state index in [1.807, 2.05) is 48.5 Å². The zero-order valence-corrected chi connectivity index (χ0v) is 20.4. The summed E-state index contributed by atoms with van der Waals surface area (Å²) in [6.07, 6.45) is 0. The monoisotopic (exact) mass is 490 g/mol. The van der Waals surface area contributed by atoms with Gasteiger partial charge < -0.3 is 0 Å². The number of nitrogens with zero attached hydrogens (tertiary/aromatic N) is 4. The normalized spacial score (nSPS) is 11.2. The average Bonchev–Trinajstić information content (AvgIpc) is 3.46. The summed E-state index contributed by atoms with van der Waals surface area (Å²) in [6.45, 7) is 0. The van der Waals surface area contributed by atoms with Crippen molar-refractivity contribution in [1.29, 1.82) is 5.26 Å². The molecule has 172 valence electrons. The van der Waals surface area contributed by atoms with Crippen LogP contribution in [-0.2, 0) is 0 Å². The van der Waals surface area contributed by atoms with Crippen LogP contribution in [0.5, 0.6) is 0 Å². The third kappa shape index (κ3) is 3.63. The van der Waals surface area contributed by atoms with Crippen molar-refractivity contribution in [1.82, 2.24) is 13.7 Å². The summed E-state index contributed by atoms with van der Waals surface area (Å²) >= 11 is 1.24. The lowest BCUT2D eigenvalue weighted by Gasteiger charge is -2.12. The predicted molar refractivity (Wildman–Crippen MR) is 151 cm³/mol. The van der Waals surface area contributed by atoms with Gasteiger partial charge in [-0.05, 0) is 52.6 Å². The number of hydrogen-bond donors (Lipinski definition) is 0. The van der Waals surface area contributed by atoms with E-state index in [1.165, 1.54) is 11.7 Å². The van der Waals surface area contributed by atoms with Crippen LogP contribution in [0.2, 0.25) is 0 Å². The van der Waals surface area contributed by atoms with Gasteiger partial charge >= 0.3 is 0 Å². The van der Waals surface area contributed by atoms with Gasteiger partial charge in [-0.25, -0.2) is 4.98 Å². The fraction of sp³-hybridized carbons (Fsp3) is 0. The summed E-state index contributed by atoms with van der Waals surface area (Å²) in [5, 5.41) is 12.3. The Kier molecular flexibility index (Phi) is 4.99. The van der Waals surface area contributed by atoms with E-state index in [0.717, 1.165) is 66.2 Å². The van der Waals surface area contributed by atoms with Gasteiger partial charge in [0.05, 0.1) is 34.6 Å². The molecular weight excluding hydrogens is 472 g/mol. The first-order valence-electron chi connectivity index (χ1n) is 11.9. The van der Waals surface area contributed by atoms with Crippen molar-refractivity contribution in [2.75, 3.05) is 0 Å². The third-order valence-corrected chi connectivity index (χ3v) is 7.34. The Morgan fingerprint density at radius 3 is 1.95 bits per heavy atom. The van der Waals surface area contributed by atoms with E-state index < -0.39 is 0 Å². The molecule has 0 saturated heterocycles. The van der Waals surface area contributed by atoms with E-state index in [4.69, 9.17) is 10.2 Å². The van der Waals surface area contributed by atoms with Crippen LogP contribution in [0.4, 0.5) is 0 Å². The molecule has 0 N–H and O–H groups in total. The van der Waals surface area contributed by atoms with Crippen LogP contribution >= 0.6 is 11.7 Å². The molecule has 0 spiro atoms. The highest BCUT2D eigenvalue weighted by molar-refractivity contribution is 7.00. The Bertz CT molecular complexity index is 1970. The fourth-order valence-corrected chi connectivity index (χ4v) is 5.47. The number of fused-ring (bicyclic) bond motifs is 5.